The van der Waals surface area contributed by atoms with Gasteiger partial charge in [0.2, 0.25) is 0 Å². The molecule has 0 radical (unpaired) electrons. The molecule has 1 atom stereocenters. The number of ether oxygens (including phenoxy) is 2. The minimum absolute atomic E-state index is 0.0316. The maximum absolute atomic E-state index is 11.9. The van der Waals surface area contributed by atoms with E-state index in [9.17, 15) is 9.59 Å². The van der Waals surface area contributed by atoms with E-state index in [1.54, 1.807) is 0 Å². The van der Waals surface area contributed by atoms with Crippen LogP contribution in [0.15, 0.2) is 48.8 Å². The normalized spacial score (nSPS) is 12.0. The predicted molar refractivity (Wildman–Crippen MR) is 130 cm³/mol. The van der Waals surface area contributed by atoms with Gasteiger partial charge in [-0.1, -0.05) is 56.5 Å². The molecule has 0 aliphatic heterocycles. The average Bonchev–Trinajstić information content (AvgIpc) is 2.79. The van der Waals surface area contributed by atoms with Crippen LogP contribution in [-0.2, 0) is 20.7 Å². The molecule has 2 aromatic rings. The van der Waals surface area contributed by atoms with E-state index in [1.807, 2.05) is 25.1 Å². The number of benzene rings is 1. The van der Waals surface area contributed by atoms with Crippen LogP contribution in [-0.4, -0.2) is 28.0 Å². The molecule has 1 aromatic carbocycles. The van der Waals surface area contributed by atoms with Gasteiger partial charge in [0.05, 0.1) is 18.5 Å². The summed E-state index contributed by atoms with van der Waals surface area (Å²) in [5.41, 5.74) is 2.15. The van der Waals surface area contributed by atoms with Gasteiger partial charge in [-0.25, -0.2) is 14.8 Å². The van der Waals surface area contributed by atoms with E-state index in [2.05, 4.69) is 29.0 Å². The van der Waals surface area contributed by atoms with Crippen LogP contribution in [0.1, 0.15) is 77.7 Å². The molecule has 0 fully saturated rings. The molecule has 6 nitrogen and oxygen atoms in total. The first-order valence-electron chi connectivity index (χ1n) is 11.9. The summed E-state index contributed by atoms with van der Waals surface area (Å²) in [7, 11) is 0. The molecule has 1 aromatic heterocycles. The van der Waals surface area contributed by atoms with Crippen LogP contribution in [0.3, 0.4) is 0 Å². The largest absolute Gasteiger partial charge is 0.463 e. The molecule has 0 saturated carbocycles. The lowest BCUT2D eigenvalue weighted by Gasteiger charge is -2.11. The summed E-state index contributed by atoms with van der Waals surface area (Å²) < 4.78 is 10.4. The van der Waals surface area contributed by atoms with Crippen LogP contribution in [0, 0.1) is 0 Å². The summed E-state index contributed by atoms with van der Waals surface area (Å²) in [4.78, 5) is 31.5. The number of hydrogen-bond donors (Lipinski definition) is 0. The highest BCUT2D eigenvalue weighted by Crippen LogP contribution is 2.19. The molecule has 0 bridgehead atoms. The van der Waals surface area contributed by atoms with Crippen LogP contribution < -0.4 is 4.74 Å². The minimum Gasteiger partial charge on any atom is -0.463 e. The average molecular weight is 453 g/mol. The highest BCUT2D eigenvalue weighted by Gasteiger charge is 2.07. The van der Waals surface area contributed by atoms with Crippen LogP contribution >= 0.6 is 0 Å². The molecule has 1 heterocycles. The Kier molecular flexibility index (Phi) is 11.9. The van der Waals surface area contributed by atoms with Crippen LogP contribution in [0.4, 0.5) is 0 Å². The van der Waals surface area contributed by atoms with E-state index in [0.29, 0.717) is 11.6 Å². The Balaban J connectivity index is 1.75. The SMILES string of the molecule is CCCCCCC=CC(=O)Oc1cnc(-c2ccc(CCCCC(C)OC(C)=O)cc2)nc1. The number of aromatic nitrogens is 2. The molecule has 1 unspecified atom stereocenters. The van der Waals surface area contributed by atoms with Crippen molar-refractivity contribution in [2.45, 2.75) is 84.7 Å². The molecule has 0 amide bonds. The molecule has 0 spiro atoms. The van der Waals surface area contributed by atoms with Crippen LogP contribution in [0.2, 0.25) is 0 Å². The smallest absolute Gasteiger partial charge is 0.335 e. The third-order valence-electron chi connectivity index (χ3n) is 5.23. The van der Waals surface area contributed by atoms with Gasteiger partial charge in [-0.05, 0) is 51.0 Å². The molecule has 0 saturated heterocycles. The third-order valence-corrected chi connectivity index (χ3v) is 5.23. The number of allylic oxidation sites excluding steroid dienone is 1. The minimum atomic E-state index is -0.409. The number of aryl methyl sites for hydroxylation is 1. The van der Waals surface area contributed by atoms with Gasteiger partial charge in [-0.3, -0.25) is 4.79 Å². The van der Waals surface area contributed by atoms with Crippen LogP contribution in [0.5, 0.6) is 5.75 Å². The zero-order valence-electron chi connectivity index (χ0n) is 20.1. The van der Waals surface area contributed by atoms with E-state index in [4.69, 9.17) is 9.47 Å². The van der Waals surface area contributed by atoms with Crippen molar-refractivity contribution in [3.8, 4) is 17.1 Å². The van der Waals surface area contributed by atoms with Crippen molar-refractivity contribution >= 4 is 11.9 Å². The van der Waals surface area contributed by atoms with Gasteiger partial charge >= 0.3 is 11.9 Å². The van der Waals surface area contributed by atoms with Crippen molar-refractivity contribution < 1.29 is 19.1 Å². The highest BCUT2D eigenvalue weighted by atomic mass is 16.5. The van der Waals surface area contributed by atoms with Gasteiger partial charge in [0.25, 0.3) is 0 Å². The number of unbranched alkanes of at least 4 members (excludes halogenated alkanes) is 5. The number of hydrogen-bond acceptors (Lipinski definition) is 6. The Hall–Kier alpha value is -3.02. The number of nitrogens with zero attached hydrogens (tertiary/aromatic N) is 2. The summed E-state index contributed by atoms with van der Waals surface area (Å²) in [6.07, 6.45) is 15.8. The maximum atomic E-state index is 11.9. The molecule has 33 heavy (non-hydrogen) atoms. The maximum Gasteiger partial charge on any atom is 0.335 e. The zero-order valence-corrected chi connectivity index (χ0v) is 20.1. The number of carbonyl (C=O) groups excluding carboxylic acids is 2. The van der Waals surface area contributed by atoms with Crippen molar-refractivity contribution in [2.75, 3.05) is 0 Å². The van der Waals surface area contributed by atoms with E-state index in [-0.39, 0.29) is 12.1 Å². The van der Waals surface area contributed by atoms with Gasteiger partial charge in [0.1, 0.15) is 0 Å². The van der Waals surface area contributed by atoms with Gasteiger partial charge in [-0.15, -0.1) is 0 Å². The predicted octanol–water partition coefficient (Wildman–Crippen LogP) is 6.24. The van der Waals surface area contributed by atoms with Gasteiger partial charge < -0.3 is 9.47 Å². The molecule has 0 aliphatic carbocycles. The molecular weight excluding hydrogens is 416 g/mol. The number of carbonyl (C=O) groups is 2. The third kappa shape index (κ3) is 10.9. The lowest BCUT2D eigenvalue weighted by Crippen LogP contribution is -2.11. The van der Waals surface area contributed by atoms with Crippen molar-refractivity contribution in [1.29, 1.82) is 0 Å². The molecule has 0 aliphatic rings. The second kappa shape index (κ2) is 14.9. The molecule has 178 valence electrons. The first-order chi connectivity index (χ1) is 16.0. The quantitative estimate of drug-likeness (QED) is 0.192. The van der Waals surface area contributed by atoms with E-state index >= 15 is 0 Å². The van der Waals surface area contributed by atoms with Crippen LogP contribution in [0.25, 0.3) is 11.4 Å². The summed E-state index contributed by atoms with van der Waals surface area (Å²) >= 11 is 0. The standard InChI is InChI=1S/C27H36N2O4/c1-4-5-6-7-8-9-14-26(31)33-25-19-28-27(29-20-25)24-17-15-23(16-18-24)13-11-10-12-21(2)32-22(3)30/h9,14-21H,4-8,10-13H2,1-3H3. The highest BCUT2D eigenvalue weighted by molar-refractivity contribution is 5.83. The Bertz CT molecular complexity index is 876. The fraction of sp³-hybridized carbons (Fsp3) is 0.481. The number of rotatable bonds is 14. The Labute approximate surface area is 197 Å². The lowest BCUT2D eigenvalue weighted by atomic mass is 10.0. The van der Waals surface area contributed by atoms with E-state index in [1.165, 1.54) is 50.2 Å². The van der Waals surface area contributed by atoms with Gasteiger partial charge in [0.15, 0.2) is 11.6 Å². The summed E-state index contributed by atoms with van der Waals surface area (Å²) in [5, 5.41) is 0. The first-order valence-corrected chi connectivity index (χ1v) is 11.9. The Morgan fingerprint density at radius 1 is 1.00 bits per heavy atom. The second-order valence-corrected chi connectivity index (χ2v) is 8.28. The summed E-state index contributed by atoms with van der Waals surface area (Å²) in [5.74, 6) is 0.284. The van der Waals surface area contributed by atoms with Gasteiger partial charge in [-0.2, -0.15) is 0 Å². The Morgan fingerprint density at radius 3 is 2.39 bits per heavy atom. The lowest BCUT2D eigenvalue weighted by molar-refractivity contribution is -0.145. The van der Waals surface area contributed by atoms with Crippen molar-refractivity contribution in [3.63, 3.8) is 0 Å². The fourth-order valence-corrected chi connectivity index (χ4v) is 3.46. The van der Waals surface area contributed by atoms with Gasteiger partial charge in [0, 0.05) is 18.6 Å². The molecule has 6 heteroatoms. The van der Waals surface area contributed by atoms with E-state index < -0.39 is 5.97 Å². The van der Waals surface area contributed by atoms with Crippen molar-refractivity contribution in [2.24, 2.45) is 0 Å². The van der Waals surface area contributed by atoms with Crippen molar-refractivity contribution in [1.82, 2.24) is 9.97 Å². The number of esters is 2. The zero-order chi connectivity index (χ0) is 23.9. The second-order valence-electron chi connectivity index (χ2n) is 8.28. The summed E-state index contributed by atoms with van der Waals surface area (Å²) in [6.45, 7) is 5.54. The summed E-state index contributed by atoms with van der Waals surface area (Å²) in [6, 6.07) is 8.15. The molecular formula is C27H36N2O4. The molecule has 0 N–H and O–H groups in total. The fourth-order valence-electron chi connectivity index (χ4n) is 3.46. The first kappa shape index (κ1) is 26.2. The monoisotopic (exact) mass is 452 g/mol. The van der Waals surface area contributed by atoms with E-state index in [0.717, 1.165) is 44.1 Å². The van der Waals surface area contributed by atoms with Crippen molar-refractivity contribution in [3.05, 3.63) is 54.4 Å². The Morgan fingerprint density at radius 2 is 1.73 bits per heavy atom. The molecule has 2 rings (SSSR count). The topological polar surface area (TPSA) is 78.4 Å².